The Morgan fingerprint density at radius 1 is 1.03 bits per heavy atom. The van der Waals surface area contributed by atoms with Gasteiger partial charge < -0.3 is 15.5 Å². The molecule has 2 aromatic rings. The van der Waals surface area contributed by atoms with Gasteiger partial charge in [0, 0.05) is 36.8 Å². The molecule has 2 aliphatic heterocycles. The third kappa shape index (κ3) is 5.45. The zero-order chi connectivity index (χ0) is 27.2. The van der Waals surface area contributed by atoms with Gasteiger partial charge in [0.15, 0.2) is 0 Å². The van der Waals surface area contributed by atoms with Crippen molar-refractivity contribution in [2.75, 3.05) is 19.6 Å². The summed E-state index contributed by atoms with van der Waals surface area (Å²) < 4.78 is 58.5. The molecule has 1 spiro atoms. The van der Waals surface area contributed by atoms with Gasteiger partial charge in [-0.3, -0.25) is 4.79 Å². The van der Waals surface area contributed by atoms with Crippen molar-refractivity contribution >= 4 is 5.91 Å². The maximum atomic E-state index is 15.3. The van der Waals surface area contributed by atoms with Crippen LogP contribution in [0.3, 0.4) is 0 Å². The quantitative estimate of drug-likeness (QED) is 0.437. The summed E-state index contributed by atoms with van der Waals surface area (Å²) in [6, 6.07) is 7.43. The van der Waals surface area contributed by atoms with Crippen LogP contribution in [0.4, 0.5) is 17.6 Å². The van der Waals surface area contributed by atoms with E-state index in [0.717, 1.165) is 56.7 Å². The van der Waals surface area contributed by atoms with Crippen molar-refractivity contribution in [1.82, 2.24) is 15.5 Å². The van der Waals surface area contributed by atoms with Crippen LogP contribution in [0.15, 0.2) is 48.2 Å². The van der Waals surface area contributed by atoms with Crippen LogP contribution in [-0.4, -0.2) is 47.9 Å². The number of benzene rings is 2. The first-order valence-electron chi connectivity index (χ1n) is 14.2. The molecular formula is C31H35F4N3O. The van der Waals surface area contributed by atoms with Gasteiger partial charge in [-0.05, 0) is 91.8 Å². The molecule has 0 unspecified atom stereocenters. The van der Waals surface area contributed by atoms with Gasteiger partial charge in [-0.2, -0.15) is 0 Å². The molecule has 0 aromatic heterocycles. The first-order valence-corrected chi connectivity index (χ1v) is 14.2. The first kappa shape index (κ1) is 26.4. The number of halogens is 4. The first-order chi connectivity index (χ1) is 18.7. The number of amides is 1. The minimum absolute atomic E-state index is 0.0651. The molecule has 208 valence electrons. The van der Waals surface area contributed by atoms with Crippen LogP contribution in [0.2, 0.25) is 0 Å². The zero-order valence-corrected chi connectivity index (χ0v) is 22.0. The Morgan fingerprint density at radius 2 is 1.77 bits per heavy atom. The number of nitrogens with one attached hydrogen (secondary N) is 2. The summed E-state index contributed by atoms with van der Waals surface area (Å²) in [5.41, 5.74) is 3.36. The van der Waals surface area contributed by atoms with Gasteiger partial charge in [-0.1, -0.05) is 24.3 Å². The lowest BCUT2D eigenvalue weighted by Gasteiger charge is -2.45. The molecule has 39 heavy (non-hydrogen) atoms. The lowest BCUT2D eigenvalue weighted by atomic mass is 9.84. The monoisotopic (exact) mass is 541 g/mol. The van der Waals surface area contributed by atoms with Gasteiger partial charge in [-0.25, -0.2) is 17.6 Å². The van der Waals surface area contributed by atoms with Crippen LogP contribution in [-0.2, 0) is 11.2 Å². The summed E-state index contributed by atoms with van der Waals surface area (Å²) >= 11 is 0. The second-order valence-corrected chi connectivity index (χ2v) is 11.7. The largest absolute Gasteiger partial charge is 0.373 e. The highest BCUT2D eigenvalue weighted by molar-refractivity contribution is 5.81. The van der Waals surface area contributed by atoms with E-state index in [1.54, 1.807) is 6.07 Å². The maximum absolute atomic E-state index is 15.3. The number of carbonyl (C=O) groups is 1. The van der Waals surface area contributed by atoms with Crippen molar-refractivity contribution < 1.29 is 22.4 Å². The number of nitrogens with zero attached hydrogens (tertiary/aromatic N) is 1. The molecular weight excluding hydrogens is 506 g/mol. The van der Waals surface area contributed by atoms with E-state index in [2.05, 4.69) is 10.6 Å². The summed E-state index contributed by atoms with van der Waals surface area (Å²) in [7, 11) is 0. The molecule has 0 bridgehead atoms. The van der Waals surface area contributed by atoms with Crippen LogP contribution in [0, 0.1) is 11.6 Å². The van der Waals surface area contributed by atoms with E-state index in [9.17, 15) is 13.6 Å². The number of alkyl halides is 2. The van der Waals surface area contributed by atoms with Crippen LogP contribution >= 0.6 is 0 Å². The number of hydrogen-bond donors (Lipinski definition) is 2. The summed E-state index contributed by atoms with van der Waals surface area (Å²) in [6.07, 6.45) is 7.73. The lowest BCUT2D eigenvalue weighted by Crippen LogP contribution is -2.57. The van der Waals surface area contributed by atoms with Gasteiger partial charge >= 0.3 is 0 Å². The minimum Gasteiger partial charge on any atom is -0.373 e. The van der Waals surface area contributed by atoms with Crippen LogP contribution in [0.1, 0.15) is 68.4 Å². The van der Waals surface area contributed by atoms with E-state index in [-0.39, 0.29) is 30.7 Å². The highest BCUT2D eigenvalue weighted by atomic mass is 19.3. The van der Waals surface area contributed by atoms with Crippen molar-refractivity contribution in [1.29, 1.82) is 0 Å². The molecule has 2 N–H and O–H groups in total. The summed E-state index contributed by atoms with van der Waals surface area (Å²) in [5.74, 6) is -4.65. The molecule has 4 aliphatic rings. The summed E-state index contributed by atoms with van der Waals surface area (Å²) in [6.45, 7) is 2.40. The topological polar surface area (TPSA) is 44.4 Å². The SMILES string of the molecule is O=C(Cc1cccc(-c2cc(F)cc(F)c2)c1C1CC1)N[C@@H]1C(N2CCC3(CCCN3)CC2)=CCCC1(F)F. The number of hydrogen-bond acceptors (Lipinski definition) is 3. The smallest absolute Gasteiger partial charge is 0.273 e. The lowest BCUT2D eigenvalue weighted by molar-refractivity contribution is -0.125. The van der Waals surface area contributed by atoms with Crippen molar-refractivity contribution in [3.05, 3.63) is 70.9 Å². The fraction of sp³-hybridized carbons (Fsp3) is 0.516. The number of carbonyl (C=O) groups excluding carboxylic acids is 1. The average molecular weight is 542 g/mol. The average Bonchev–Trinajstić information content (AvgIpc) is 3.64. The molecule has 6 rings (SSSR count). The van der Waals surface area contributed by atoms with E-state index in [1.807, 2.05) is 23.1 Å². The molecule has 0 radical (unpaired) electrons. The Labute approximate surface area is 226 Å². The molecule has 3 fully saturated rings. The van der Waals surface area contributed by atoms with E-state index in [4.69, 9.17) is 0 Å². The van der Waals surface area contributed by atoms with Crippen molar-refractivity contribution in [2.24, 2.45) is 0 Å². The van der Waals surface area contributed by atoms with E-state index in [0.29, 0.717) is 35.5 Å². The van der Waals surface area contributed by atoms with Crippen LogP contribution in [0.25, 0.3) is 11.1 Å². The highest BCUT2D eigenvalue weighted by Crippen LogP contribution is 2.46. The van der Waals surface area contributed by atoms with Crippen molar-refractivity contribution in [3.63, 3.8) is 0 Å². The second-order valence-electron chi connectivity index (χ2n) is 11.7. The predicted molar refractivity (Wildman–Crippen MR) is 142 cm³/mol. The molecule has 1 atom stereocenters. The summed E-state index contributed by atoms with van der Waals surface area (Å²) in [4.78, 5) is 15.4. The molecule has 8 heteroatoms. The Bertz CT molecular complexity index is 1250. The van der Waals surface area contributed by atoms with E-state index >= 15 is 8.78 Å². The number of likely N-dealkylation sites (tertiary alicyclic amines) is 1. The van der Waals surface area contributed by atoms with Crippen LogP contribution in [0.5, 0.6) is 0 Å². The standard InChI is InChI=1S/C31H35F4N3O/c32-23-16-22(17-24(33)19-23)25-5-1-4-21(28(25)20-7-8-20)18-27(39)37-29-26(6-2-10-31(29,34)35)38-14-11-30(12-15-38)9-3-13-36-30/h1,4-6,16-17,19-20,29,36H,2-3,7-15,18H2,(H,37,39)/t29-/m1/s1. The number of piperidine rings is 1. The van der Waals surface area contributed by atoms with Gasteiger partial charge in [0.2, 0.25) is 5.91 Å². The number of allylic oxidation sites excluding steroid dienone is 1. The van der Waals surface area contributed by atoms with E-state index in [1.165, 1.54) is 12.1 Å². The molecule has 1 amide bonds. The fourth-order valence-electron chi connectivity index (χ4n) is 6.84. The Balaban J connectivity index is 1.22. The van der Waals surface area contributed by atoms with Gasteiger partial charge in [0.1, 0.15) is 17.7 Å². The molecule has 4 nitrogen and oxygen atoms in total. The predicted octanol–water partition coefficient (Wildman–Crippen LogP) is 6.07. The van der Waals surface area contributed by atoms with Gasteiger partial charge in [0.25, 0.3) is 5.92 Å². The van der Waals surface area contributed by atoms with E-state index < -0.39 is 29.5 Å². The molecule has 2 heterocycles. The highest BCUT2D eigenvalue weighted by Gasteiger charge is 2.47. The van der Waals surface area contributed by atoms with Gasteiger partial charge in [-0.15, -0.1) is 0 Å². The molecule has 2 aliphatic carbocycles. The second kappa shape index (κ2) is 10.3. The normalized spacial score (nSPS) is 24.1. The number of rotatable bonds is 6. The minimum atomic E-state index is -3.04. The van der Waals surface area contributed by atoms with Gasteiger partial charge in [0.05, 0.1) is 6.42 Å². The third-order valence-corrected chi connectivity index (χ3v) is 8.98. The van der Waals surface area contributed by atoms with Crippen molar-refractivity contribution in [2.45, 2.75) is 81.2 Å². The molecule has 2 saturated heterocycles. The van der Waals surface area contributed by atoms with Crippen molar-refractivity contribution in [3.8, 4) is 11.1 Å². The summed E-state index contributed by atoms with van der Waals surface area (Å²) in [5, 5.41) is 6.31. The molecule has 2 aromatic carbocycles. The molecule has 1 saturated carbocycles. The Morgan fingerprint density at radius 3 is 2.44 bits per heavy atom. The Kier molecular flexibility index (Phi) is 6.94. The zero-order valence-electron chi connectivity index (χ0n) is 22.0. The maximum Gasteiger partial charge on any atom is 0.273 e. The third-order valence-electron chi connectivity index (χ3n) is 8.98. The van der Waals surface area contributed by atoms with Crippen LogP contribution < -0.4 is 10.6 Å². The fourth-order valence-corrected chi connectivity index (χ4v) is 6.84. The Hall–Kier alpha value is -2.87.